The van der Waals surface area contributed by atoms with Gasteiger partial charge in [-0.25, -0.2) is 9.59 Å². The molecule has 2 fully saturated rings. The average molecular weight is 383 g/mol. The van der Waals surface area contributed by atoms with Crippen molar-refractivity contribution in [3.63, 3.8) is 0 Å². The van der Waals surface area contributed by atoms with Crippen molar-refractivity contribution in [3.05, 3.63) is 60.7 Å². The molecule has 0 spiro atoms. The van der Waals surface area contributed by atoms with Gasteiger partial charge in [0.2, 0.25) is 0 Å². The zero-order valence-electron chi connectivity index (χ0n) is 15.0. The topological polar surface area (TPSA) is 97.9 Å². The summed E-state index contributed by atoms with van der Waals surface area (Å²) in [4.78, 5) is 24.3. The molecule has 0 aliphatic carbocycles. The Bertz CT molecular complexity index is 748. The van der Waals surface area contributed by atoms with Crippen LogP contribution in [-0.2, 0) is 14.2 Å². The summed E-state index contributed by atoms with van der Waals surface area (Å²) in [5, 5.41) is 8.29. The lowest BCUT2D eigenvalue weighted by Crippen LogP contribution is -2.46. The van der Waals surface area contributed by atoms with Gasteiger partial charge in [-0.1, -0.05) is 36.4 Å². The van der Waals surface area contributed by atoms with E-state index in [1.165, 1.54) is 0 Å². The van der Waals surface area contributed by atoms with Crippen LogP contribution in [0.5, 0.6) is 0 Å². The maximum atomic E-state index is 12.2. The molecule has 3 amide bonds. The molecule has 2 aliphatic heterocycles. The molecule has 2 aromatic rings. The van der Waals surface area contributed by atoms with Crippen molar-refractivity contribution < 1.29 is 23.8 Å². The molecule has 8 heteroatoms. The Hall–Kier alpha value is -3.10. The first kappa shape index (κ1) is 18.3. The molecule has 8 nitrogen and oxygen atoms in total. The number of urea groups is 1. The number of hydrogen-bond acceptors (Lipinski definition) is 5. The smallest absolute Gasteiger partial charge is 0.412 e. The Balaban J connectivity index is 1.28. The average Bonchev–Trinajstić information content (AvgIpc) is 3.27. The van der Waals surface area contributed by atoms with E-state index in [-0.39, 0.29) is 31.4 Å². The molecule has 0 saturated carbocycles. The number of ether oxygens (including phenoxy) is 3. The fraction of sp³-hybridized carbons (Fsp3) is 0.300. The second kappa shape index (κ2) is 8.28. The van der Waals surface area contributed by atoms with E-state index in [0.29, 0.717) is 11.4 Å². The second-order valence-corrected chi connectivity index (χ2v) is 6.60. The number of para-hydroxylation sites is 2. The molecule has 28 heavy (non-hydrogen) atoms. The van der Waals surface area contributed by atoms with Crippen molar-refractivity contribution >= 4 is 23.5 Å². The summed E-state index contributed by atoms with van der Waals surface area (Å²) < 4.78 is 16.9. The molecule has 4 rings (SSSR count). The van der Waals surface area contributed by atoms with Gasteiger partial charge in [0, 0.05) is 11.4 Å². The lowest BCUT2D eigenvalue weighted by molar-refractivity contribution is 0.00874. The molecule has 4 atom stereocenters. The predicted molar refractivity (Wildman–Crippen MR) is 102 cm³/mol. The van der Waals surface area contributed by atoms with E-state index >= 15 is 0 Å². The van der Waals surface area contributed by atoms with E-state index < -0.39 is 18.3 Å². The van der Waals surface area contributed by atoms with Gasteiger partial charge in [0.25, 0.3) is 0 Å². The van der Waals surface area contributed by atoms with E-state index in [4.69, 9.17) is 14.2 Å². The first-order valence-corrected chi connectivity index (χ1v) is 9.07. The normalized spacial score (nSPS) is 25.6. The number of nitrogens with one attached hydrogen (secondary N) is 3. The number of amides is 3. The molecule has 0 radical (unpaired) electrons. The third-order valence-electron chi connectivity index (χ3n) is 4.63. The minimum Gasteiger partial charge on any atom is -0.441 e. The molecular weight excluding hydrogens is 362 g/mol. The van der Waals surface area contributed by atoms with Crippen LogP contribution in [-0.4, -0.2) is 49.7 Å². The Morgan fingerprint density at radius 2 is 1.43 bits per heavy atom. The standard InChI is InChI=1S/C20H21N3O5/c24-19(21-13-7-3-1-4-8-13)23-15-11-26-18-16(12-27-17(15)18)28-20(25)22-14-9-5-2-6-10-14/h1-10,15-18H,11-12H2,(H,22,25)(H2,21,23,24)/t15-,16+,17+,18+/m0/s1. The summed E-state index contributed by atoms with van der Waals surface area (Å²) in [6, 6.07) is 17.5. The SMILES string of the molecule is O=C(Nc1ccccc1)N[C@H]1CO[C@H]2[C@@H]1OC[C@H]2OC(=O)Nc1ccccc1. The van der Waals surface area contributed by atoms with Crippen molar-refractivity contribution in [2.24, 2.45) is 0 Å². The summed E-state index contributed by atoms with van der Waals surface area (Å²) in [5.74, 6) is 0. The molecule has 146 valence electrons. The third-order valence-corrected chi connectivity index (χ3v) is 4.63. The van der Waals surface area contributed by atoms with Crippen LogP contribution in [0, 0.1) is 0 Å². The van der Waals surface area contributed by atoms with E-state index in [1.807, 2.05) is 36.4 Å². The summed E-state index contributed by atoms with van der Waals surface area (Å²) in [5.41, 5.74) is 1.34. The first-order valence-electron chi connectivity index (χ1n) is 9.07. The Kier molecular flexibility index (Phi) is 5.41. The van der Waals surface area contributed by atoms with Gasteiger partial charge in [-0.05, 0) is 24.3 Å². The van der Waals surface area contributed by atoms with Crippen LogP contribution in [0.4, 0.5) is 21.0 Å². The number of carbonyl (C=O) groups excluding carboxylic acids is 2. The lowest BCUT2D eigenvalue weighted by Gasteiger charge is -2.18. The minimum atomic E-state index is -0.567. The van der Waals surface area contributed by atoms with Crippen molar-refractivity contribution in [2.45, 2.75) is 24.4 Å². The lowest BCUT2D eigenvalue weighted by atomic mass is 10.1. The van der Waals surface area contributed by atoms with Gasteiger partial charge in [0.15, 0.2) is 6.10 Å². The number of rotatable bonds is 4. The summed E-state index contributed by atoms with van der Waals surface area (Å²) in [7, 11) is 0. The maximum absolute atomic E-state index is 12.2. The number of carbonyl (C=O) groups is 2. The molecule has 3 N–H and O–H groups in total. The minimum absolute atomic E-state index is 0.218. The molecule has 2 aromatic carbocycles. The predicted octanol–water partition coefficient (Wildman–Crippen LogP) is 2.59. The van der Waals surface area contributed by atoms with E-state index in [1.54, 1.807) is 24.3 Å². The van der Waals surface area contributed by atoms with Crippen LogP contribution < -0.4 is 16.0 Å². The first-order chi connectivity index (χ1) is 13.7. The van der Waals surface area contributed by atoms with Gasteiger partial charge < -0.3 is 24.8 Å². The van der Waals surface area contributed by atoms with Crippen molar-refractivity contribution in [2.75, 3.05) is 23.8 Å². The van der Waals surface area contributed by atoms with Gasteiger partial charge in [-0.3, -0.25) is 5.32 Å². The summed E-state index contributed by atoms with van der Waals surface area (Å²) in [6.07, 6.45) is -1.88. The Morgan fingerprint density at radius 1 is 0.821 bits per heavy atom. The third kappa shape index (κ3) is 4.24. The molecule has 2 heterocycles. The highest BCUT2D eigenvalue weighted by Gasteiger charge is 2.50. The molecule has 0 aromatic heterocycles. The maximum Gasteiger partial charge on any atom is 0.412 e. The van der Waals surface area contributed by atoms with Crippen molar-refractivity contribution in [1.29, 1.82) is 0 Å². The number of benzene rings is 2. The van der Waals surface area contributed by atoms with Gasteiger partial charge in [0.05, 0.1) is 19.3 Å². The van der Waals surface area contributed by atoms with Gasteiger partial charge >= 0.3 is 12.1 Å². The fourth-order valence-corrected chi connectivity index (χ4v) is 3.35. The van der Waals surface area contributed by atoms with Crippen LogP contribution in [0.15, 0.2) is 60.7 Å². The van der Waals surface area contributed by atoms with Crippen LogP contribution in [0.2, 0.25) is 0 Å². The molecular formula is C20H21N3O5. The molecule has 2 aliphatic rings. The fourth-order valence-electron chi connectivity index (χ4n) is 3.35. The van der Waals surface area contributed by atoms with Crippen LogP contribution in [0.25, 0.3) is 0 Å². The van der Waals surface area contributed by atoms with Crippen molar-refractivity contribution in [3.8, 4) is 0 Å². The highest BCUT2D eigenvalue weighted by Crippen LogP contribution is 2.29. The summed E-state index contributed by atoms with van der Waals surface area (Å²) in [6.45, 7) is 0.508. The largest absolute Gasteiger partial charge is 0.441 e. The van der Waals surface area contributed by atoms with E-state index in [9.17, 15) is 9.59 Å². The molecule has 2 saturated heterocycles. The van der Waals surface area contributed by atoms with E-state index in [2.05, 4.69) is 16.0 Å². The number of anilines is 2. The quantitative estimate of drug-likeness (QED) is 0.754. The highest BCUT2D eigenvalue weighted by atomic mass is 16.6. The van der Waals surface area contributed by atoms with Gasteiger partial charge in [0.1, 0.15) is 12.2 Å². The van der Waals surface area contributed by atoms with Crippen molar-refractivity contribution in [1.82, 2.24) is 5.32 Å². The Labute approximate surface area is 162 Å². The zero-order chi connectivity index (χ0) is 19.3. The van der Waals surface area contributed by atoms with E-state index in [0.717, 1.165) is 0 Å². The summed E-state index contributed by atoms with van der Waals surface area (Å²) >= 11 is 0. The number of fused-ring (bicyclic) bond motifs is 1. The second-order valence-electron chi connectivity index (χ2n) is 6.60. The number of hydrogen-bond donors (Lipinski definition) is 3. The highest BCUT2D eigenvalue weighted by molar-refractivity contribution is 5.89. The molecule has 0 bridgehead atoms. The monoisotopic (exact) mass is 383 g/mol. The van der Waals surface area contributed by atoms with Crippen LogP contribution in [0.3, 0.4) is 0 Å². The van der Waals surface area contributed by atoms with Crippen LogP contribution in [0.1, 0.15) is 0 Å². The van der Waals surface area contributed by atoms with Gasteiger partial charge in [-0.15, -0.1) is 0 Å². The zero-order valence-corrected chi connectivity index (χ0v) is 15.0. The molecule has 0 unspecified atom stereocenters. The van der Waals surface area contributed by atoms with Crippen LogP contribution >= 0.6 is 0 Å². The Morgan fingerprint density at radius 3 is 2.11 bits per heavy atom. The van der Waals surface area contributed by atoms with Gasteiger partial charge in [-0.2, -0.15) is 0 Å².